The SMILES string of the molecule is CCCC(C)(C)C(=O)N1C2CCC1CC(Cc1cccc(NC(=O)Nc3cc(C(C)(C)C)nn3-c3ccc(C)cc3)c1)C2. The van der Waals surface area contributed by atoms with Gasteiger partial charge in [0.25, 0.3) is 0 Å². The molecule has 7 nitrogen and oxygen atoms in total. The number of rotatable bonds is 8. The Kier molecular flexibility index (Phi) is 8.73. The van der Waals surface area contributed by atoms with Gasteiger partial charge in [-0.25, -0.2) is 9.48 Å². The van der Waals surface area contributed by atoms with E-state index in [2.05, 4.69) is 76.1 Å². The van der Waals surface area contributed by atoms with Gasteiger partial charge in [0.2, 0.25) is 5.91 Å². The fourth-order valence-corrected chi connectivity index (χ4v) is 6.98. The lowest BCUT2D eigenvalue weighted by atomic mass is 9.81. The van der Waals surface area contributed by atoms with E-state index in [1.807, 2.05) is 42.5 Å². The first-order chi connectivity index (χ1) is 20.3. The Hall–Kier alpha value is -3.61. The molecule has 2 atom stereocenters. The van der Waals surface area contributed by atoms with E-state index in [0.717, 1.165) is 62.0 Å². The number of hydrogen-bond acceptors (Lipinski definition) is 3. The summed E-state index contributed by atoms with van der Waals surface area (Å²) in [7, 11) is 0. The number of anilines is 2. The first kappa shape index (κ1) is 30.8. The number of carbonyl (C=O) groups is 2. The molecule has 2 fully saturated rings. The number of aromatic nitrogens is 2. The van der Waals surface area contributed by atoms with Crippen LogP contribution in [0, 0.1) is 18.3 Å². The molecule has 2 saturated heterocycles. The minimum atomic E-state index is -0.301. The van der Waals surface area contributed by atoms with Crippen molar-refractivity contribution in [2.75, 3.05) is 10.6 Å². The highest BCUT2D eigenvalue weighted by molar-refractivity contribution is 5.99. The first-order valence-electron chi connectivity index (χ1n) is 16.0. The number of nitrogens with one attached hydrogen (secondary N) is 2. The molecule has 3 aromatic rings. The second-order valence-corrected chi connectivity index (χ2v) is 14.5. The zero-order valence-corrected chi connectivity index (χ0v) is 27.0. The van der Waals surface area contributed by atoms with Crippen LogP contribution in [0.15, 0.2) is 54.6 Å². The molecule has 2 aromatic carbocycles. The fraction of sp³-hybridized carbons (Fsp3) is 0.528. The molecule has 2 aliphatic heterocycles. The van der Waals surface area contributed by atoms with Gasteiger partial charge in [0.05, 0.1) is 11.4 Å². The molecule has 0 aliphatic carbocycles. The summed E-state index contributed by atoms with van der Waals surface area (Å²) in [4.78, 5) is 28.9. The third-order valence-electron chi connectivity index (χ3n) is 9.23. The zero-order chi connectivity index (χ0) is 30.9. The van der Waals surface area contributed by atoms with Crippen molar-refractivity contribution in [1.82, 2.24) is 14.7 Å². The van der Waals surface area contributed by atoms with Crippen molar-refractivity contribution in [3.63, 3.8) is 0 Å². The third-order valence-corrected chi connectivity index (χ3v) is 9.23. The third kappa shape index (κ3) is 6.97. The van der Waals surface area contributed by atoms with Gasteiger partial charge in [-0.1, -0.05) is 77.8 Å². The number of aryl methyl sites for hydroxylation is 1. The van der Waals surface area contributed by atoms with Gasteiger partial charge in [-0.2, -0.15) is 5.10 Å². The lowest BCUT2D eigenvalue weighted by molar-refractivity contribution is -0.146. The highest BCUT2D eigenvalue weighted by Crippen LogP contribution is 2.43. The number of carbonyl (C=O) groups excluding carboxylic acids is 2. The van der Waals surface area contributed by atoms with E-state index in [1.54, 1.807) is 4.68 Å². The van der Waals surface area contributed by atoms with Crippen LogP contribution in [0.5, 0.6) is 0 Å². The van der Waals surface area contributed by atoms with Crippen molar-refractivity contribution in [2.24, 2.45) is 11.3 Å². The van der Waals surface area contributed by atoms with Crippen molar-refractivity contribution < 1.29 is 9.59 Å². The Labute approximate surface area is 257 Å². The monoisotopic (exact) mass is 583 g/mol. The van der Waals surface area contributed by atoms with Gasteiger partial charge >= 0.3 is 6.03 Å². The van der Waals surface area contributed by atoms with Gasteiger partial charge in [0, 0.05) is 34.7 Å². The Morgan fingerprint density at radius 2 is 1.60 bits per heavy atom. The molecule has 2 aliphatic rings. The summed E-state index contributed by atoms with van der Waals surface area (Å²) in [5, 5.41) is 10.9. The summed E-state index contributed by atoms with van der Waals surface area (Å²) >= 11 is 0. The number of fused-ring (bicyclic) bond motifs is 2. The number of amides is 3. The molecule has 3 heterocycles. The molecular formula is C36H49N5O2. The predicted octanol–water partition coefficient (Wildman–Crippen LogP) is 8.26. The molecule has 0 saturated carbocycles. The number of nitrogens with zero attached hydrogens (tertiary/aromatic N) is 3. The standard InChI is InChI=1S/C36H49N5O2/c1-8-18-36(6,7)33(42)40-29-16-17-30(40)22-26(21-29)19-25-10-9-11-27(20-25)37-34(43)38-32-23-31(35(3,4)5)39-41(32)28-14-12-24(2)13-15-28/h9-15,20,23,26,29-30H,8,16-19,21-22H2,1-7H3,(H2,37,38,43). The van der Waals surface area contributed by atoms with E-state index in [0.29, 0.717) is 29.7 Å². The van der Waals surface area contributed by atoms with Crippen LogP contribution < -0.4 is 10.6 Å². The van der Waals surface area contributed by atoms with Gasteiger partial charge in [-0.3, -0.25) is 10.1 Å². The maximum Gasteiger partial charge on any atom is 0.324 e. The van der Waals surface area contributed by atoms with Crippen molar-refractivity contribution in [3.05, 3.63) is 71.4 Å². The lowest BCUT2D eigenvalue weighted by Crippen LogP contribution is -2.51. The van der Waals surface area contributed by atoms with Crippen molar-refractivity contribution in [1.29, 1.82) is 0 Å². The highest BCUT2D eigenvalue weighted by Gasteiger charge is 2.46. The summed E-state index contributed by atoms with van der Waals surface area (Å²) in [6.45, 7) is 14.8. The predicted molar refractivity (Wildman–Crippen MR) is 175 cm³/mol. The van der Waals surface area contributed by atoms with Crippen molar-refractivity contribution in [2.45, 2.75) is 111 Å². The van der Waals surface area contributed by atoms with Crippen molar-refractivity contribution >= 4 is 23.4 Å². The van der Waals surface area contributed by atoms with Crippen LogP contribution in [0.4, 0.5) is 16.3 Å². The average molecular weight is 584 g/mol. The largest absolute Gasteiger partial charge is 0.336 e. The van der Waals surface area contributed by atoms with Crippen LogP contribution >= 0.6 is 0 Å². The number of benzene rings is 2. The smallest absolute Gasteiger partial charge is 0.324 e. The molecule has 0 radical (unpaired) electrons. The molecule has 230 valence electrons. The van der Waals surface area contributed by atoms with Crippen LogP contribution in [-0.2, 0) is 16.6 Å². The minimum absolute atomic E-state index is 0.161. The van der Waals surface area contributed by atoms with E-state index in [1.165, 1.54) is 11.1 Å². The van der Waals surface area contributed by atoms with E-state index in [4.69, 9.17) is 5.10 Å². The number of piperidine rings is 1. The molecule has 2 bridgehead atoms. The van der Waals surface area contributed by atoms with Gasteiger partial charge in [0.1, 0.15) is 5.82 Å². The molecule has 3 amide bonds. The van der Waals surface area contributed by atoms with Crippen LogP contribution in [-0.4, -0.2) is 38.7 Å². The second kappa shape index (κ2) is 12.2. The van der Waals surface area contributed by atoms with E-state index < -0.39 is 0 Å². The molecule has 43 heavy (non-hydrogen) atoms. The molecule has 5 rings (SSSR count). The lowest BCUT2D eigenvalue weighted by Gasteiger charge is -2.43. The normalized spacial score (nSPS) is 20.3. The van der Waals surface area contributed by atoms with Gasteiger partial charge < -0.3 is 10.2 Å². The van der Waals surface area contributed by atoms with Crippen LogP contribution in [0.2, 0.25) is 0 Å². The van der Waals surface area contributed by atoms with Crippen LogP contribution in [0.25, 0.3) is 5.69 Å². The second-order valence-electron chi connectivity index (χ2n) is 14.5. The van der Waals surface area contributed by atoms with Crippen LogP contribution in [0.3, 0.4) is 0 Å². The van der Waals surface area contributed by atoms with Crippen LogP contribution in [0.1, 0.15) is 96.9 Å². The Morgan fingerprint density at radius 3 is 2.23 bits per heavy atom. The Bertz CT molecular complexity index is 1440. The minimum Gasteiger partial charge on any atom is -0.336 e. The maximum atomic E-state index is 13.5. The van der Waals surface area contributed by atoms with E-state index >= 15 is 0 Å². The van der Waals surface area contributed by atoms with Gasteiger partial charge in [0.15, 0.2) is 0 Å². The summed E-state index contributed by atoms with van der Waals surface area (Å²) in [5.41, 5.74) is 4.51. The van der Waals surface area contributed by atoms with E-state index in [9.17, 15) is 9.59 Å². The van der Waals surface area contributed by atoms with Gasteiger partial charge in [-0.15, -0.1) is 0 Å². The molecule has 7 heteroatoms. The highest BCUT2D eigenvalue weighted by atomic mass is 16.2. The Morgan fingerprint density at radius 1 is 0.930 bits per heavy atom. The molecule has 2 N–H and O–H groups in total. The molecule has 1 aromatic heterocycles. The quantitative estimate of drug-likeness (QED) is 0.280. The maximum absolute atomic E-state index is 13.5. The summed E-state index contributed by atoms with van der Waals surface area (Å²) in [6, 6.07) is 18.7. The fourth-order valence-electron chi connectivity index (χ4n) is 6.98. The number of hydrogen-bond donors (Lipinski definition) is 2. The summed E-state index contributed by atoms with van der Waals surface area (Å²) in [6.07, 6.45) is 7.27. The molecular weight excluding hydrogens is 534 g/mol. The van der Waals surface area contributed by atoms with E-state index in [-0.39, 0.29) is 16.9 Å². The zero-order valence-electron chi connectivity index (χ0n) is 27.0. The number of urea groups is 1. The summed E-state index contributed by atoms with van der Waals surface area (Å²) in [5.74, 6) is 1.51. The topological polar surface area (TPSA) is 79.3 Å². The summed E-state index contributed by atoms with van der Waals surface area (Å²) < 4.78 is 1.80. The van der Waals surface area contributed by atoms with Crippen molar-refractivity contribution in [3.8, 4) is 5.69 Å². The average Bonchev–Trinajstić information content (AvgIpc) is 3.47. The van der Waals surface area contributed by atoms with Gasteiger partial charge in [-0.05, 0) is 81.2 Å². The Balaban J connectivity index is 1.24. The molecule has 2 unspecified atom stereocenters. The molecule has 0 spiro atoms. The first-order valence-corrected chi connectivity index (χ1v) is 16.0.